The number of hydrogen-bond acceptors (Lipinski definition) is 3. The second-order valence-electron chi connectivity index (χ2n) is 13.1. The molecule has 8 aromatic rings. The van der Waals surface area contributed by atoms with Gasteiger partial charge in [0.05, 0.1) is 22.4 Å². The highest BCUT2D eigenvalue weighted by Gasteiger charge is 2.20. The van der Waals surface area contributed by atoms with Crippen molar-refractivity contribution in [2.45, 2.75) is 41.5 Å². The normalized spacial score (nSPS) is 11.5. The van der Waals surface area contributed by atoms with Crippen LogP contribution in [-0.4, -0.2) is 19.3 Å². The molecule has 5 nitrogen and oxygen atoms in total. The van der Waals surface area contributed by atoms with E-state index in [-0.39, 0.29) is 0 Å². The Labute approximate surface area is 287 Å². The molecule has 0 saturated carbocycles. The highest BCUT2D eigenvalue weighted by molar-refractivity contribution is 6.09. The number of para-hydroxylation sites is 1. The number of hydrogen-bond donors (Lipinski definition) is 0. The van der Waals surface area contributed by atoms with Crippen molar-refractivity contribution >= 4 is 21.8 Å². The number of aryl methyl sites for hydroxylation is 5. The third-order valence-corrected chi connectivity index (χ3v) is 9.47. The maximum atomic E-state index is 6.62. The molecule has 0 fully saturated rings. The summed E-state index contributed by atoms with van der Waals surface area (Å²) in [6.07, 6.45) is 1.87. The van der Waals surface area contributed by atoms with Crippen LogP contribution in [0.2, 0.25) is 0 Å². The van der Waals surface area contributed by atoms with Crippen LogP contribution in [-0.2, 0) is 0 Å². The van der Waals surface area contributed by atoms with Crippen LogP contribution in [0.1, 0.15) is 33.6 Å². The van der Waals surface area contributed by atoms with E-state index in [1.807, 2.05) is 12.3 Å². The molecule has 0 unspecified atom stereocenters. The Morgan fingerprint density at radius 2 is 1.29 bits per heavy atom. The molecule has 0 radical (unpaired) electrons. The van der Waals surface area contributed by atoms with E-state index in [0.717, 1.165) is 61.9 Å². The van der Waals surface area contributed by atoms with E-state index in [1.165, 1.54) is 38.8 Å². The van der Waals surface area contributed by atoms with Crippen molar-refractivity contribution in [2.75, 3.05) is 0 Å². The minimum absolute atomic E-state index is 0.763. The van der Waals surface area contributed by atoms with E-state index in [2.05, 4.69) is 160 Å². The Balaban J connectivity index is 1.18. The van der Waals surface area contributed by atoms with Crippen LogP contribution in [0.4, 0.5) is 0 Å². The minimum Gasteiger partial charge on any atom is -0.457 e. The molecule has 3 heterocycles. The smallest absolute Gasteiger partial charge is 0.137 e. The molecule has 0 spiro atoms. The molecule has 0 amide bonds. The Bertz CT molecular complexity index is 2510. The summed E-state index contributed by atoms with van der Waals surface area (Å²) in [5.74, 6) is 2.42. The second-order valence-corrected chi connectivity index (χ2v) is 13.1. The number of aromatic nitrogens is 4. The molecule has 240 valence electrons. The zero-order chi connectivity index (χ0) is 33.8. The highest BCUT2D eigenvalue weighted by atomic mass is 16.5. The van der Waals surface area contributed by atoms with Gasteiger partial charge in [-0.3, -0.25) is 4.57 Å². The van der Waals surface area contributed by atoms with Gasteiger partial charge in [0.1, 0.15) is 17.3 Å². The van der Waals surface area contributed by atoms with Crippen molar-refractivity contribution in [3.05, 3.63) is 155 Å². The summed E-state index contributed by atoms with van der Waals surface area (Å²) in [5.41, 5.74) is 14.9. The molecule has 5 aromatic carbocycles. The minimum atomic E-state index is 0.763. The number of pyridine rings is 1. The van der Waals surface area contributed by atoms with Gasteiger partial charge in [-0.25, -0.2) is 9.67 Å². The fourth-order valence-electron chi connectivity index (χ4n) is 7.36. The lowest BCUT2D eigenvalue weighted by atomic mass is 9.90. The molecule has 0 atom stereocenters. The Morgan fingerprint density at radius 3 is 2.06 bits per heavy atom. The number of benzene rings is 5. The summed E-state index contributed by atoms with van der Waals surface area (Å²) in [6.45, 7) is 12.9. The quantitative estimate of drug-likeness (QED) is 0.182. The van der Waals surface area contributed by atoms with Crippen molar-refractivity contribution in [1.82, 2.24) is 19.3 Å². The van der Waals surface area contributed by atoms with Gasteiger partial charge in [0.15, 0.2) is 0 Å². The van der Waals surface area contributed by atoms with Crippen LogP contribution < -0.4 is 4.74 Å². The van der Waals surface area contributed by atoms with E-state index in [1.54, 1.807) is 0 Å². The van der Waals surface area contributed by atoms with Crippen LogP contribution in [0.5, 0.6) is 11.5 Å². The van der Waals surface area contributed by atoms with Crippen LogP contribution in [0, 0.1) is 41.5 Å². The predicted molar refractivity (Wildman–Crippen MR) is 202 cm³/mol. The van der Waals surface area contributed by atoms with Crippen LogP contribution in [0.25, 0.3) is 55.6 Å². The Hall–Kier alpha value is -5.94. The molecule has 0 aliphatic carbocycles. The summed E-state index contributed by atoms with van der Waals surface area (Å²) in [5, 5.41) is 7.42. The van der Waals surface area contributed by atoms with Gasteiger partial charge in [-0.15, -0.1) is 0 Å². The van der Waals surface area contributed by atoms with Gasteiger partial charge in [-0.1, -0.05) is 60.7 Å². The first-order valence-electron chi connectivity index (χ1n) is 16.7. The molecule has 0 N–H and O–H groups in total. The molecule has 0 saturated heterocycles. The van der Waals surface area contributed by atoms with E-state index in [4.69, 9.17) is 14.8 Å². The maximum absolute atomic E-state index is 6.62. The maximum Gasteiger partial charge on any atom is 0.137 e. The topological polar surface area (TPSA) is 44.9 Å². The molecule has 49 heavy (non-hydrogen) atoms. The van der Waals surface area contributed by atoms with Crippen molar-refractivity contribution in [3.8, 4) is 45.3 Å². The number of rotatable bonds is 6. The number of fused-ring (bicyclic) bond motifs is 3. The summed E-state index contributed by atoms with van der Waals surface area (Å²) in [7, 11) is 0. The van der Waals surface area contributed by atoms with Crippen LogP contribution in [0.3, 0.4) is 0 Å². The first-order chi connectivity index (χ1) is 23.7. The lowest BCUT2D eigenvalue weighted by molar-refractivity contribution is 0.482. The fourth-order valence-corrected chi connectivity index (χ4v) is 7.36. The molecule has 0 aliphatic heterocycles. The van der Waals surface area contributed by atoms with E-state index >= 15 is 0 Å². The Morgan fingerprint density at radius 1 is 0.551 bits per heavy atom. The van der Waals surface area contributed by atoms with Gasteiger partial charge in [-0.2, -0.15) is 5.10 Å². The molecular formula is C44H38N4O. The average molecular weight is 639 g/mol. The second kappa shape index (κ2) is 11.9. The molecular weight excluding hydrogens is 601 g/mol. The van der Waals surface area contributed by atoms with Gasteiger partial charge < -0.3 is 4.74 Å². The fraction of sp³-hybridized carbons (Fsp3) is 0.136. The van der Waals surface area contributed by atoms with Gasteiger partial charge in [0.2, 0.25) is 0 Å². The summed E-state index contributed by atoms with van der Waals surface area (Å²) < 4.78 is 10.9. The van der Waals surface area contributed by atoms with Gasteiger partial charge in [-0.05, 0) is 123 Å². The first kappa shape index (κ1) is 30.4. The largest absolute Gasteiger partial charge is 0.457 e. The summed E-state index contributed by atoms with van der Waals surface area (Å²) in [6, 6.07) is 40.4. The molecule has 0 aliphatic rings. The summed E-state index contributed by atoms with van der Waals surface area (Å²) in [4.78, 5) is 4.73. The van der Waals surface area contributed by atoms with Crippen molar-refractivity contribution in [2.24, 2.45) is 0 Å². The van der Waals surface area contributed by atoms with E-state index in [0.29, 0.717) is 0 Å². The van der Waals surface area contributed by atoms with Crippen molar-refractivity contribution in [3.63, 3.8) is 0 Å². The Kier molecular flexibility index (Phi) is 7.41. The zero-order valence-electron chi connectivity index (χ0n) is 28.7. The van der Waals surface area contributed by atoms with E-state index in [9.17, 15) is 0 Å². The molecule has 8 rings (SSSR count). The van der Waals surface area contributed by atoms with Crippen LogP contribution >= 0.6 is 0 Å². The first-order valence-corrected chi connectivity index (χ1v) is 16.7. The zero-order valence-corrected chi connectivity index (χ0v) is 28.7. The molecule has 3 aromatic heterocycles. The van der Waals surface area contributed by atoms with Crippen molar-refractivity contribution in [1.29, 1.82) is 0 Å². The standard InChI is InChI=1S/C44H38N4O/c1-27-18-19-45-42(22-27)47-40-15-11-10-14-38(40)39-17-16-36(26-41(39)47)49-37-21-28(2)20-35(25-37)48-32(6)44(31(5)46-48)43-29(3)23-34(24-30(43)4)33-12-8-7-9-13-33/h7-26H,1-6H3. The average Bonchev–Trinajstić information content (AvgIpc) is 3.57. The predicted octanol–water partition coefficient (Wildman–Crippen LogP) is 11.3. The lowest BCUT2D eigenvalue weighted by Crippen LogP contribution is -2.01. The number of ether oxygens (including phenoxy) is 1. The van der Waals surface area contributed by atoms with Crippen molar-refractivity contribution < 1.29 is 4.74 Å². The third-order valence-electron chi connectivity index (χ3n) is 9.47. The number of nitrogens with zero attached hydrogens (tertiary/aromatic N) is 4. The summed E-state index contributed by atoms with van der Waals surface area (Å²) >= 11 is 0. The third kappa shape index (κ3) is 5.38. The van der Waals surface area contributed by atoms with Gasteiger partial charge in [0.25, 0.3) is 0 Å². The monoisotopic (exact) mass is 638 g/mol. The lowest BCUT2D eigenvalue weighted by Gasteiger charge is -2.15. The SMILES string of the molecule is Cc1cc(Oc2ccc3c4ccccc4n(-c4cc(C)ccn4)c3c2)cc(-n2nc(C)c(-c3c(C)cc(-c4ccccc4)cc3C)c2C)c1. The molecule has 5 heteroatoms. The van der Waals surface area contributed by atoms with E-state index < -0.39 is 0 Å². The van der Waals surface area contributed by atoms with Gasteiger partial charge in [0, 0.05) is 40.4 Å². The van der Waals surface area contributed by atoms with Gasteiger partial charge >= 0.3 is 0 Å². The van der Waals surface area contributed by atoms with Crippen LogP contribution in [0.15, 0.2) is 121 Å². The highest BCUT2D eigenvalue weighted by Crippen LogP contribution is 2.38. The molecule has 0 bridgehead atoms.